The fourth-order valence-electron chi connectivity index (χ4n) is 3.98. The van der Waals surface area contributed by atoms with Crippen LogP contribution in [0.1, 0.15) is 48.7 Å². The zero-order valence-electron chi connectivity index (χ0n) is 14.4. The van der Waals surface area contributed by atoms with Crippen LogP contribution in [0.5, 0.6) is 0 Å². The van der Waals surface area contributed by atoms with Crippen molar-refractivity contribution in [2.75, 3.05) is 13.1 Å². The normalized spacial score (nSPS) is 21.8. The van der Waals surface area contributed by atoms with Gasteiger partial charge in [-0.2, -0.15) is 0 Å². The van der Waals surface area contributed by atoms with Gasteiger partial charge in [0.05, 0.1) is 5.41 Å². The number of amides is 1. The second-order valence-electron chi connectivity index (χ2n) is 7.18. The number of aryl methyl sites for hydroxylation is 1. The highest BCUT2D eigenvalue weighted by Gasteiger charge is 2.54. The van der Waals surface area contributed by atoms with Gasteiger partial charge in [-0.1, -0.05) is 18.2 Å². The Morgan fingerprint density at radius 3 is 2.80 bits per heavy atom. The van der Waals surface area contributed by atoms with Crippen LogP contribution >= 0.6 is 0 Å². The second kappa shape index (κ2) is 6.21. The van der Waals surface area contributed by atoms with Gasteiger partial charge in [0, 0.05) is 36.5 Å². The molecule has 1 aromatic heterocycles. The van der Waals surface area contributed by atoms with Gasteiger partial charge in [0.1, 0.15) is 11.6 Å². The van der Waals surface area contributed by atoms with Gasteiger partial charge in [0.25, 0.3) is 0 Å². The number of nitrogens with zero attached hydrogens (tertiary/aromatic N) is 3. The van der Waals surface area contributed by atoms with Crippen molar-refractivity contribution in [1.29, 1.82) is 0 Å². The van der Waals surface area contributed by atoms with Crippen molar-refractivity contribution in [3.63, 3.8) is 0 Å². The van der Waals surface area contributed by atoms with Crippen molar-refractivity contribution in [3.05, 3.63) is 59.4 Å². The van der Waals surface area contributed by atoms with E-state index in [9.17, 15) is 9.18 Å². The standard InChI is InChI=1S/C20H22FN3O/c1-14-22-11-8-18(23-14)15-5-4-12-24(13-15)19(25)20(9-10-20)16-6-2-3-7-17(16)21/h2-3,6-8,11,15H,4-5,9-10,12-13H2,1H3/t15-/m1/s1. The summed E-state index contributed by atoms with van der Waals surface area (Å²) in [7, 11) is 0. The third-order valence-corrected chi connectivity index (χ3v) is 5.47. The van der Waals surface area contributed by atoms with Crippen molar-refractivity contribution < 1.29 is 9.18 Å². The molecule has 2 heterocycles. The molecule has 4 nitrogen and oxygen atoms in total. The summed E-state index contributed by atoms with van der Waals surface area (Å²) >= 11 is 0. The summed E-state index contributed by atoms with van der Waals surface area (Å²) in [6, 6.07) is 8.64. The highest BCUT2D eigenvalue weighted by molar-refractivity contribution is 5.91. The van der Waals surface area contributed by atoms with Crippen molar-refractivity contribution >= 4 is 5.91 Å². The molecule has 25 heavy (non-hydrogen) atoms. The van der Waals surface area contributed by atoms with Crippen LogP contribution in [-0.2, 0) is 10.2 Å². The molecule has 5 heteroatoms. The first-order valence-corrected chi connectivity index (χ1v) is 8.94. The first-order valence-electron chi connectivity index (χ1n) is 8.94. The minimum atomic E-state index is -0.644. The lowest BCUT2D eigenvalue weighted by Gasteiger charge is -2.35. The Hall–Kier alpha value is -2.30. The minimum absolute atomic E-state index is 0.0769. The number of carbonyl (C=O) groups is 1. The molecule has 0 unspecified atom stereocenters. The van der Waals surface area contributed by atoms with Gasteiger partial charge in [0.2, 0.25) is 5.91 Å². The molecule has 1 aliphatic carbocycles. The van der Waals surface area contributed by atoms with Gasteiger partial charge in [-0.15, -0.1) is 0 Å². The topological polar surface area (TPSA) is 46.1 Å². The molecule has 1 saturated heterocycles. The van der Waals surface area contributed by atoms with E-state index in [1.54, 1.807) is 18.3 Å². The van der Waals surface area contributed by atoms with E-state index in [0.717, 1.165) is 43.7 Å². The molecule has 2 aromatic rings. The summed E-state index contributed by atoms with van der Waals surface area (Å²) in [5.41, 5.74) is 0.912. The van der Waals surface area contributed by atoms with Crippen molar-refractivity contribution in [3.8, 4) is 0 Å². The van der Waals surface area contributed by atoms with E-state index in [2.05, 4.69) is 9.97 Å². The van der Waals surface area contributed by atoms with Crippen LogP contribution in [0.15, 0.2) is 36.5 Å². The molecule has 1 amide bonds. The number of rotatable bonds is 3. The number of aromatic nitrogens is 2. The van der Waals surface area contributed by atoms with E-state index in [0.29, 0.717) is 12.1 Å². The van der Waals surface area contributed by atoms with Crippen LogP contribution in [-0.4, -0.2) is 33.9 Å². The quantitative estimate of drug-likeness (QED) is 0.861. The molecule has 1 aliphatic heterocycles. The Morgan fingerprint density at radius 2 is 2.08 bits per heavy atom. The van der Waals surface area contributed by atoms with E-state index in [-0.39, 0.29) is 17.6 Å². The summed E-state index contributed by atoms with van der Waals surface area (Å²) in [6.07, 6.45) is 5.22. The average Bonchev–Trinajstić information content (AvgIpc) is 3.43. The lowest BCUT2D eigenvalue weighted by atomic mass is 9.90. The highest BCUT2D eigenvalue weighted by atomic mass is 19.1. The van der Waals surface area contributed by atoms with Crippen molar-refractivity contribution in [1.82, 2.24) is 14.9 Å². The van der Waals surface area contributed by atoms with Crippen LogP contribution in [0.3, 0.4) is 0 Å². The number of hydrogen-bond acceptors (Lipinski definition) is 3. The predicted molar refractivity (Wildman–Crippen MR) is 92.6 cm³/mol. The van der Waals surface area contributed by atoms with Gasteiger partial charge in [-0.3, -0.25) is 4.79 Å². The number of likely N-dealkylation sites (tertiary alicyclic amines) is 1. The van der Waals surface area contributed by atoms with E-state index < -0.39 is 5.41 Å². The zero-order valence-corrected chi connectivity index (χ0v) is 14.4. The maximum Gasteiger partial charge on any atom is 0.233 e. The molecule has 1 aromatic carbocycles. The summed E-state index contributed by atoms with van der Waals surface area (Å²) in [5.74, 6) is 0.795. The maximum atomic E-state index is 14.3. The van der Waals surface area contributed by atoms with Crippen LogP contribution in [0, 0.1) is 12.7 Å². The van der Waals surface area contributed by atoms with Gasteiger partial charge in [0.15, 0.2) is 0 Å². The minimum Gasteiger partial charge on any atom is -0.341 e. The van der Waals surface area contributed by atoms with Crippen LogP contribution in [0.4, 0.5) is 4.39 Å². The second-order valence-corrected chi connectivity index (χ2v) is 7.18. The Bertz CT molecular complexity index is 803. The van der Waals surface area contributed by atoms with Gasteiger partial charge < -0.3 is 4.90 Å². The Balaban J connectivity index is 1.56. The average molecular weight is 339 g/mol. The number of piperidine rings is 1. The van der Waals surface area contributed by atoms with E-state index in [1.165, 1.54) is 6.07 Å². The number of carbonyl (C=O) groups excluding carboxylic acids is 1. The molecule has 1 atom stereocenters. The number of halogens is 1. The van der Waals surface area contributed by atoms with Crippen molar-refractivity contribution in [2.24, 2.45) is 0 Å². The Kier molecular flexibility index (Phi) is 4.02. The van der Waals surface area contributed by atoms with E-state index in [1.807, 2.05) is 24.0 Å². The molecule has 1 saturated carbocycles. The molecule has 2 fully saturated rings. The molecule has 0 N–H and O–H groups in total. The largest absolute Gasteiger partial charge is 0.341 e. The number of hydrogen-bond donors (Lipinski definition) is 0. The summed E-state index contributed by atoms with van der Waals surface area (Å²) in [4.78, 5) is 23.8. The molecule has 4 rings (SSSR count). The molecular formula is C20H22FN3O. The first-order chi connectivity index (χ1) is 12.1. The fraction of sp³-hybridized carbons (Fsp3) is 0.450. The molecule has 2 aliphatic rings. The first kappa shape index (κ1) is 16.2. The summed E-state index contributed by atoms with van der Waals surface area (Å²) in [6.45, 7) is 3.29. The lowest BCUT2D eigenvalue weighted by molar-refractivity contribution is -0.135. The van der Waals surface area contributed by atoms with E-state index in [4.69, 9.17) is 0 Å². The number of benzene rings is 1. The lowest BCUT2D eigenvalue weighted by Crippen LogP contribution is -2.45. The smallest absolute Gasteiger partial charge is 0.233 e. The monoisotopic (exact) mass is 339 g/mol. The molecule has 0 spiro atoms. The zero-order chi connectivity index (χ0) is 17.4. The highest BCUT2D eigenvalue weighted by Crippen LogP contribution is 2.51. The van der Waals surface area contributed by atoms with Gasteiger partial charge in [-0.05, 0) is 44.7 Å². The van der Waals surface area contributed by atoms with Gasteiger partial charge in [-0.25, -0.2) is 14.4 Å². The molecule has 0 radical (unpaired) electrons. The van der Waals surface area contributed by atoms with E-state index >= 15 is 0 Å². The summed E-state index contributed by atoms with van der Waals surface area (Å²) in [5, 5.41) is 0. The summed E-state index contributed by atoms with van der Waals surface area (Å²) < 4.78 is 14.3. The van der Waals surface area contributed by atoms with Crippen LogP contribution < -0.4 is 0 Å². The third kappa shape index (κ3) is 2.92. The molecule has 130 valence electrons. The van der Waals surface area contributed by atoms with Gasteiger partial charge >= 0.3 is 0 Å². The van der Waals surface area contributed by atoms with Crippen molar-refractivity contribution in [2.45, 2.75) is 43.9 Å². The molecular weight excluding hydrogens is 317 g/mol. The SMILES string of the molecule is Cc1nccc([C@@H]2CCCN(C(=O)C3(c4ccccc4F)CC3)C2)n1. The maximum absolute atomic E-state index is 14.3. The predicted octanol–water partition coefficient (Wildman–Crippen LogP) is 3.36. The van der Waals surface area contributed by atoms with Crippen LogP contribution in [0.2, 0.25) is 0 Å². The molecule has 0 bridgehead atoms. The van der Waals surface area contributed by atoms with Crippen LogP contribution in [0.25, 0.3) is 0 Å². The third-order valence-electron chi connectivity index (χ3n) is 5.47. The Morgan fingerprint density at radius 1 is 1.28 bits per heavy atom. The Labute approximate surface area is 147 Å². The fourth-order valence-corrected chi connectivity index (χ4v) is 3.98.